The molecule has 4 aromatic carbocycles. The van der Waals surface area contributed by atoms with E-state index in [1.54, 1.807) is 6.07 Å². The molecule has 0 spiro atoms. The second-order valence-corrected chi connectivity index (χ2v) is 7.27. The first-order chi connectivity index (χ1) is 14.2. The van der Waals surface area contributed by atoms with Crippen LogP contribution in [0.5, 0.6) is 11.5 Å². The van der Waals surface area contributed by atoms with E-state index in [2.05, 4.69) is 38.1 Å². The topological polar surface area (TPSA) is 38.7 Å². The lowest BCUT2D eigenvalue weighted by atomic mass is 9.93. The number of phenolic OH excluding ortho intramolecular Hbond substituents is 1. The highest BCUT2D eigenvalue weighted by Crippen LogP contribution is 2.39. The number of benzene rings is 4. The molecule has 3 heteroatoms. The zero-order chi connectivity index (χ0) is 20.2. The van der Waals surface area contributed by atoms with E-state index in [4.69, 9.17) is 9.47 Å². The van der Waals surface area contributed by atoms with E-state index in [0.29, 0.717) is 19.0 Å². The van der Waals surface area contributed by atoms with Gasteiger partial charge in [-0.25, -0.2) is 0 Å². The molecule has 0 bridgehead atoms. The van der Waals surface area contributed by atoms with Crippen molar-refractivity contribution in [3.63, 3.8) is 0 Å². The lowest BCUT2D eigenvalue weighted by Crippen LogP contribution is -2.13. The van der Waals surface area contributed by atoms with Crippen molar-refractivity contribution < 1.29 is 14.6 Å². The van der Waals surface area contributed by atoms with E-state index >= 15 is 0 Å². The summed E-state index contributed by atoms with van der Waals surface area (Å²) in [6.07, 6.45) is 1.25. The number of hydrogen-bond donors (Lipinski definition) is 1. The van der Waals surface area contributed by atoms with E-state index in [1.807, 2.05) is 42.5 Å². The number of hydrogen-bond acceptors (Lipinski definition) is 3. The summed E-state index contributed by atoms with van der Waals surface area (Å²) < 4.78 is 11.8. The number of phenols is 1. The Bertz CT molecular complexity index is 1130. The van der Waals surface area contributed by atoms with Crippen LogP contribution in [0.4, 0.5) is 0 Å². The Morgan fingerprint density at radius 1 is 0.710 bits per heavy atom. The van der Waals surface area contributed by atoms with Gasteiger partial charge in [-0.1, -0.05) is 82.4 Å². The summed E-state index contributed by atoms with van der Waals surface area (Å²) in [5.74, 6) is 1.16. The van der Waals surface area contributed by atoms with Crippen molar-refractivity contribution in [1.29, 1.82) is 0 Å². The lowest BCUT2D eigenvalue weighted by Gasteiger charge is -2.15. The lowest BCUT2D eigenvalue weighted by molar-refractivity contribution is 0.0430. The number of aromatic hydroxyl groups is 1. The van der Waals surface area contributed by atoms with Crippen LogP contribution >= 0.6 is 0 Å². The summed E-state index contributed by atoms with van der Waals surface area (Å²) in [7, 11) is 0. The minimum atomic E-state index is 0. The molecule has 0 aliphatic carbocycles. The van der Waals surface area contributed by atoms with E-state index in [0.717, 1.165) is 44.8 Å². The highest BCUT2D eigenvalue weighted by molar-refractivity contribution is 6.08. The smallest absolute Gasteiger partial charge is 0.127 e. The SMILES string of the molecule is C.C.CCC(C)OCCOc1ccc(-c2ccc(O)c3ccccc23)c2ccccc12. The van der Waals surface area contributed by atoms with Crippen LogP contribution in [0.1, 0.15) is 35.1 Å². The van der Waals surface area contributed by atoms with Crippen molar-refractivity contribution in [2.24, 2.45) is 0 Å². The molecule has 0 saturated heterocycles. The highest BCUT2D eigenvalue weighted by Gasteiger charge is 2.12. The molecule has 0 aliphatic rings. The quantitative estimate of drug-likeness (QED) is 0.311. The van der Waals surface area contributed by atoms with Gasteiger partial charge in [0.1, 0.15) is 18.1 Å². The van der Waals surface area contributed by atoms with Gasteiger partial charge in [0.15, 0.2) is 0 Å². The first kappa shape index (κ1) is 24.2. The predicted octanol–water partition coefficient (Wildman–Crippen LogP) is 7.83. The molecule has 4 rings (SSSR count). The summed E-state index contributed by atoms with van der Waals surface area (Å²) in [4.78, 5) is 0. The summed E-state index contributed by atoms with van der Waals surface area (Å²) in [6.45, 7) is 5.29. The maximum Gasteiger partial charge on any atom is 0.127 e. The molecule has 1 N–H and O–H groups in total. The molecule has 0 radical (unpaired) electrons. The zero-order valence-corrected chi connectivity index (χ0v) is 16.9. The fraction of sp³-hybridized carbons (Fsp3) is 0.286. The Kier molecular flexibility index (Phi) is 8.47. The summed E-state index contributed by atoms with van der Waals surface area (Å²) in [5.41, 5.74) is 2.22. The Morgan fingerprint density at radius 2 is 1.26 bits per heavy atom. The minimum absolute atomic E-state index is 0. The molecule has 164 valence electrons. The third-order valence-electron chi connectivity index (χ3n) is 5.39. The maximum absolute atomic E-state index is 10.2. The van der Waals surface area contributed by atoms with Gasteiger partial charge in [-0.2, -0.15) is 0 Å². The molecule has 1 atom stereocenters. The van der Waals surface area contributed by atoms with Crippen LogP contribution in [0.15, 0.2) is 72.8 Å². The van der Waals surface area contributed by atoms with Gasteiger partial charge >= 0.3 is 0 Å². The fourth-order valence-electron chi connectivity index (χ4n) is 3.67. The first-order valence-electron chi connectivity index (χ1n) is 10.2. The first-order valence-corrected chi connectivity index (χ1v) is 10.2. The molecular formula is C28H34O3. The van der Waals surface area contributed by atoms with Gasteiger partial charge in [0.05, 0.1) is 12.7 Å². The van der Waals surface area contributed by atoms with Gasteiger partial charge in [0.2, 0.25) is 0 Å². The van der Waals surface area contributed by atoms with Gasteiger partial charge in [-0.15, -0.1) is 0 Å². The van der Waals surface area contributed by atoms with Gasteiger partial charge in [-0.05, 0) is 47.4 Å². The van der Waals surface area contributed by atoms with Crippen LogP contribution < -0.4 is 4.74 Å². The van der Waals surface area contributed by atoms with Crippen LogP contribution in [-0.2, 0) is 4.74 Å². The van der Waals surface area contributed by atoms with Crippen molar-refractivity contribution >= 4 is 21.5 Å². The van der Waals surface area contributed by atoms with Crippen molar-refractivity contribution in [2.75, 3.05) is 13.2 Å². The Balaban J connectivity index is 0.00000171. The van der Waals surface area contributed by atoms with Crippen LogP contribution in [0.3, 0.4) is 0 Å². The average molecular weight is 419 g/mol. The largest absolute Gasteiger partial charge is 0.507 e. The van der Waals surface area contributed by atoms with Crippen LogP contribution in [0, 0.1) is 0 Å². The molecule has 0 fully saturated rings. The normalized spacial score (nSPS) is 11.5. The monoisotopic (exact) mass is 418 g/mol. The molecule has 1 unspecified atom stereocenters. The maximum atomic E-state index is 10.2. The van der Waals surface area contributed by atoms with E-state index < -0.39 is 0 Å². The Labute approximate surface area is 186 Å². The van der Waals surface area contributed by atoms with Gasteiger partial charge in [0.25, 0.3) is 0 Å². The third-order valence-corrected chi connectivity index (χ3v) is 5.39. The van der Waals surface area contributed by atoms with Gasteiger partial charge in [0, 0.05) is 10.8 Å². The number of ether oxygens (including phenoxy) is 2. The molecule has 0 aliphatic heterocycles. The molecule has 0 aromatic heterocycles. The zero-order valence-electron chi connectivity index (χ0n) is 16.9. The Hall–Kier alpha value is -3.04. The van der Waals surface area contributed by atoms with Crippen molar-refractivity contribution in [3.8, 4) is 22.6 Å². The molecule has 0 amide bonds. The van der Waals surface area contributed by atoms with Gasteiger partial charge in [-0.3, -0.25) is 0 Å². The Morgan fingerprint density at radius 3 is 1.90 bits per heavy atom. The number of fused-ring (bicyclic) bond motifs is 2. The molecule has 3 nitrogen and oxygen atoms in total. The second-order valence-electron chi connectivity index (χ2n) is 7.27. The minimum Gasteiger partial charge on any atom is -0.507 e. The van der Waals surface area contributed by atoms with Gasteiger partial charge < -0.3 is 14.6 Å². The highest BCUT2D eigenvalue weighted by atomic mass is 16.5. The molecule has 0 heterocycles. The van der Waals surface area contributed by atoms with Crippen LogP contribution in [-0.4, -0.2) is 24.4 Å². The summed E-state index contributed by atoms with van der Waals surface area (Å²) in [5, 5.41) is 14.3. The van der Waals surface area contributed by atoms with Crippen molar-refractivity contribution in [3.05, 3.63) is 72.8 Å². The average Bonchev–Trinajstić information content (AvgIpc) is 2.77. The second kappa shape index (κ2) is 10.8. The third kappa shape index (κ3) is 5.00. The molecule has 4 aromatic rings. The summed E-state index contributed by atoms with van der Waals surface area (Å²) >= 11 is 0. The summed E-state index contributed by atoms with van der Waals surface area (Å²) in [6, 6.07) is 24.1. The van der Waals surface area contributed by atoms with E-state index in [9.17, 15) is 5.11 Å². The van der Waals surface area contributed by atoms with Crippen LogP contribution in [0.2, 0.25) is 0 Å². The fourth-order valence-corrected chi connectivity index (χ4v) is 3.67. The van der Waals surface area contributed by atoms with Crippen LogP contribution in [0.25, 0.3) is 32.7 Å². The molecule has 0 saturated carbocycles. The molecular weight excluding hydrogens is 384 g/mol. The number of rotatable bonds is 7. The standard InChI is InChI=1S/C26H26O3.2CH4/c1-3-18(2)28-16-17-29-26-15-13-22(20-9-5-7-11-24(20)26)21-12-14-25(27)23-10-6-4-8-19(21)23;;/h4-15,18,27H,3,16-17H2,1-2H3;2*1H4. The van der Waals surface area contributed by atoms with E-state index in [-0.39, 0.29) is 21.0 Å². The molecule has 31 heavy (non-hydrogen) atoms. The van der Waals surface area contributed by atoms with Crippen molar-refractivity contribution in [2.45, 2.75) is 41.2 Å². The predicted molar refractivity (Wildman–Crippen MR) is 133 cm³/mol. The van der Waals surface area contributed by atoms with E-state index in [1.165, 1.54) is 0 Å². The van der Waals surface area contributed by atoms with Crippen molar-refractivity contribution in [1.82, 2.24) is 0 Å².